The van der Waals surface area contributed by atoms with Crippen LogP contribution >= 0.6 is 0 Å². The van der Waals surface area contributed by atoms with Crippen molar-refractivity contribution in [3.8, 4) is 11.5 Å². The largest absolute Gasteiger partial charge is 0.485 e. The molecule has 0 saturated heterocycles. The second kappa shape index (κ2) is 8.60. The zero-order valence-corrected chi connectivity index (χ0v) is 15.5. The zero-order valence-electron chi connectivity index (χ0n) is 15.5. The van der Waals surface area contributed by atoms with Crippen LogP contribution in [0.3, 0.4) is 0 Å². The molecule has 146 valence electrons. The summed E-state index contributed by atoms with van der Waals surface area (Å²) in [4.78, 5) is 16.4. The summed E-state index contributed by atoms with van der Waals surface area (Å²) in [6, 6.07) is 11.5. The number of para-hydroxylation sites is 2. The fourth-order valence-corrected chi connectivity index (χ4v) is 3.09. The Morgan fingerprint density at radius 2 is 1.96 bits per heavy atom. The third kappa shape index (κ3) is 4.51. The van der Waals surface area contributed by atoms with E-state index in [2.05, 4.69) is 25.1 Å². The minimum absolute atomic E-state index is 0.0855. The van der Waals surface area contributed by atoms with Gasteiger partial charge in [-0.2, -0.15) is 4.98 Å². The van der Waals surface area contributed by atoms with Crippen molar-refractivity contribution in [1.29, 1.82) is 0 Å². The van der Waals surface area contributed by atoms with E-state index in [0.717, 1.165) is 25.8 Å². The Labute approximate surface area is 162 Å². The number of carbonyl (C=O) groups is 1. The number of hydrogen-bond donors (Lipinski definition) is 2. The summed E-state index contributed by atoms with van der Waals surface area (Å²) in [5, 5.41) is 9.61. The first-order valence-electron chi connectivity index (χ1n) is 9.49. The van der Waals surface area contributed by atoms with Gasteiger partial charge in [0, 0.05) is 25.4 Å². The number of aromatic nitrogens is 4. The zero-order chi connectivity index (χ0) is 19.2. The molecule has 0 aliphatic carbocycles. The quantitative estimate of drug-likeness (QED) is 0.584. The van der Waals surface area contributed by atoms with Crippen LogP contribution in [0.1, 0.15) is 37.6 Å². The predicted molar refractivity (Wildman–Crippen MR) is 103 cm³/mol. The molecular weight excluding hydrogens is 358 g/mol. The number of rotatable bonds is 8. The number of amides is 1. The second-order valence-corrected chi connectivity index (χ2v) is 6.69. The van der Waals surface area contributed by atoms with Gasteiger partial charge >= 0.3 is 0 Å². The summed E-state index contributed by atoms with van der Waals surface area (Å²) in [7, 11) is 0. The van der Waals surface area contributed by atoms with Crippen LogP contribution in [0.25, 0.3) is 0 Å². The molecule has 1 atom stereocenters. The van der Waals surface area contributed by atoms with Gasteiger partial charge < -0.3 is 14.0 Å². The summed E-state index contributed by atoms with van der Waals surface area (Å²) in [5.74, 6) is 2.08. The highest BCUT2D eigenvalue weighted by Gasteiger charge is 2.25. The molecule has 0 radical (unpaired) electrons. The number of hydrogen-bond acceptors (Lipinski definition) is 5. The Bertz CT molecular complexity index is 906. The van der Waals surface area contributed by atoms with E-state index >= 15 is 0 Å². The van der Waals surface area contributed by atoms with Gasteiger partial charge in [0.1, 0.15) is 6.61 Å². The van der Waals surface area contributed by atoms with E-state index < -0.39 is 0 Å². The molecule has 8 heteroatoms. The molecule has 2 N–H and O–H groups in total. The van der Waals surface area contributed by atoms with Crippen LogP contribution in [0, 0.1) is 0 Å². The molecular formula is C20H23N5O3. The molecule has 28 heavy (non-hydrogen) atoms. The van der Waals surface area contributed by atoms with Gasteiger partial charge in [-0.1, -0.05) is 18.6 Å². The Hall–Kier alpha value is -3.29. The third-order valence-corrected chi connectivity index (χ3v) is 4.55. The molecule has 3 aromatic rings. The molecule has 1 unspecified atom stereocenters. The number of aromatic amines is 1. The summed E-state index contributed by atoms with van der Waals surface area (Å²) in [6.45, 7) is 1.31. The maximum atomic E-state index is 12.1. The van der Waals surface area contributed by atoms with Crippen molar-refractivity contribution < 1.29 is 14.3 Å². The normalized spacial score (nSPS) is 15.4. The molecule has 1 aromatic carbocycles. The van der Waals surface area contributed by atoms with Gasteiger partial charge in [0.2, 0.25) is 11.9 Å². The van der Waals surface area contributed by atoms with Crippen LogP contribution in [-0.2, 0) is 11.3 Å². The summed E-state index contributed by atoms with van der Waals surface area (Å²) >= 11 is 0. The van der Waals surface area contributed by atoms with Crippen LogP contribution in [0.5, 0.6) is 11.5 Å². The average Bonchev–Trinajstić information content (AvgIpc) is 3.39. The molecule has 8 nitrogen and oxygen atoms in total. The lowest BCUT2D eigenvalue weighted by atomic mass is 10.2. The number of fused-ring (bicyclic) bond motifs is 1. The molecule has 0 fully saturated rings. The van der Waals surface area contributed by atoms with E-state index in [9.17, 15) is 4.79 Å². The number of benzene rings is 1. The summed E-state index contributed by atoms with van der Waals surface area (Å²) < 4.78 is 13.7. The van der Waals surface area contributed by atoms with Gasteiger partial charge in [-0.15, -0.1) is 5.10 Å². The molecule has 4 rings (SSSR count). The van der Waals surface area contributed by atoms with Gasteiger partial charge in [0.25, 0.3) is 0 Å². The first-order valence-corrected chi connectivity index (χ1v) is 9.49. The highest BCUT2D eigenvalue weighted by molar-refractivity contribution is 5.88. The fourth-order valence-electron chi connectivity index (χ4n) is 3.09. The number of nitrogens with zero attached hydrogens (tertiary/aromatic N) is 3. The van der Waals surface area contributed by atoms with Crippen LogP contribution in [0.4, 0.5) is 5.95 Å². The maximum Gasteiger partial charge on any atom is 0.248 e. The number of H-pyrrole nitrogens is 1. The van der Waals surface area contributed by atoms with Crippen molar-refractivity contribution in [2.45, 2.75) is 38.3 Å². The third-order valence-electron chi connectivity index (χ3n) is 4.55. The lowest BCUT2D eigenvalue weighted by Crippen LogP contribution is -2.22. The van der Waals surface area contributed by atoms with Crippen LogP contribution in [-0.4, -0.2) is 32.3 Å². The monoisotopic (exact) mass is 381 g/mol. The number of carbonyl (C=O) groups excluding carboxylic acids is 1. The molecule has 1 aliphatic rings. The van der Waals surface area contributed by atoms with E-state index in [1.165, 1.54) is 0 Å². The average molecular weight is 381 g/mol. The van der Waals surface area contributed by atoms with E-state index in [0.29, 0.717) is 30.4 Å². The minimum Gasteiger partial charge on any atom is -0.485 e. The second-order valence-electron chi connectivity index (χ2n) is 6.69. The smallest absolute Gasteiger partial charge is 0.248 e. The number of aryl methyl sites for hydroxylation is 1. The van der Waals surface area contributed by atoms with Crippen molar-refractivity contribution in [1.82, 2.24) is 19.7 Å². The van der Waals surface area contributed by atoms with E-state index in [1.54, 1.807) is 0 Å². The van der Waals surface area contributed by atoms with Gasteiger partial charge in [-0.3, -0.25) is 15.2 Å². The maximum absolute atomic E-state index is 12.1. The SMILES string of the molecule is O=C(CCCCCn1cccc1)Nc1n[nH]c(C2COc3ccccc3O2)n1. The van der Waals surface area contributed by atoms with Gasteiger partial charge in [-0.25, -0.2) is 0 Å². The highest BCUT2D eigenvalue weighted by Crippen LogP contribution is 2.35. The van der Waals surface area contributed by atoms with Gasteiger partial charge in [0.15, 0.2) is 23.4 Å². The lowest BCUT2D eigenvalue weighted by molar-refractivity contribution is -0.116. The number of ether oxygens (including phenoxy) is 2. The van der Waals surface area contributed by atoms with Crippen LogP contribution < -0.4 is 14.8 Å². The molecule has 0 bridgehead atoms. The highest BCUT2D eigenvalue weighted by atomic mass is 16.6. The molecule has 0 saturated carbocycles. The van der Waals surface area contributed by atoms with Crippen LogP contribution in [0.2, 0.25) is 0 Å². The first kappa shape index (κ1) is 18.1. The fraction of sp³-hybridized carbons (Fsp3) is 0.350. The van der Waals surface area contributed by atoms with E-state index in [-0.39, 0.29) is 18.0 Å². The van der Waals surface area contributed by atoms with Crippen LogP contribution in [0.15, 0.2) is 48.8 Å². The Balaban J connectivity index is 1.21. The molecule has 2 aromatic heterocycles. The van der Waals surface area contributed by atoms with Crippen molar-refractivity contribution >= 4 is 11.9 Å². The first-order chi connectivity index (χ1) is 13.8. The summed E-state index contributed by atoms with van der Waals surface area (Å²) in [5.41, 5.74) is 0. The van der Waals surface area contributed by atoms with Crippen molar-refractivity contribution in [3.05, 3.63) is 54.6 Å². The van der Waals surface area contributed by atoms with Crippen molar-refractivity contribution in [2.24, 2.45) is 0 Å². The Kier molecular flexibility index (Phi) is 5.56. The topological polar surface area (TPSA) is 94.1 Å². The minimum atomic E-state index is -0.387. The number of nitrogens with one attached hydrogen (secondary N) is 2. The van der Waals surface area contributed by atoms with Crippen molar-refractivity contribution in [3.63, 3.8) is 0 Å². The lowest BCUT2D eigenvalue weighted by Gasteiger charge is -2.24. The van der Waals surface area contributed by atoms with E-state index in [4.69, 9.17) is 9.47 Å². The Morgan fingerprint density at radius 3 is 2.82 bits per heavy atom. The molecule has 3 heterocycles. The number of unbranched alkanes of at least 4 members (excludes halogenated alkanes) is 2. The van der Waals surface area contributed by atoms with Gasteiger partial charge in [0.05, 0.1) is 0 Å². The van der Waals surface area contributed by atoms with E-state index in [1.807, 2.05) is 48.8 Å². The Morgan fingerprint density at radius 1 is 1.14 bits per heavy atom. The van der Waals surface area contributed by atoms with Gasteiger partial charge in [-0.05, 0) is 37.1 Å². The predicted octanol–water partition coefficient (Wildman–Crippen LogP) is 3.32. The molecule has 0 spiro atoms. The molecule has 1 amide bonds. The molecule has 1 aliphatic heterocycles. The van der Waals surface area contributed by atoms with Crippen molar-refractivity contribution in [2.75, 3.05) is 11.9 Å². The summed E-state index contributed by atoms with van der Waals surface area (Å²) in [6.07, 6.45) is 7.04. The number of anilines is 1. The standard InChI is InChI=1S/C20H23N5O3/c26-18(10-2-1-5-11-25-12-6-7-13-25)21-20-22-19(23-24-20)17-14-27-15-8-3-4-9-16(15)28-17/h3-4,6-9,12-13,17H,1-2,5,10-11,14H2,(H2,21,22,23,24,26).